The molecule has 0 spiro atoms. The van der Waals surface area contributed by atoms with Gasteiger partial charge in [0.1, 0.15) is 12.1 Å². The number of quaternary nitrogens is 2. The van der Waals surface area contributed by atoms with Crippen molar-refractivity contribution in [1.29, 1.82) is 0 Å². The number of nitrogens with two attached hydrogens (primary N) is 2. The summed E-state index contributed by atoms with van der Waals surface area (Å²) in [7, 11) is 0. The van der Waals surface area contributed by atoms with Crippen LogP contribution < -0.4 is 45.7 Å². The van der Waals surface area contributed by atoms with Crippen molar-refractivity contribution < 1.29 is 55.2 Å². The summed E-state index contributed by atoms with van der Waals surface area (Å²) in [6, 6.07) is -0.509. The number of hydrogen-bond donors (Lipinski definition) is 2. The molecule has 0 aromatic rings. The molecule has 2 saturated heterocycles. The van der Waals surface area contributed by atoms with Crippen LogP contribution in [0.5, 0.6) is 0 Å². The Hall–Kier alpha value is 0.700. The first-order valence-electron chi connectivity index (χ1n) is 5.69. The minimum absolute atomic E-state index is 0. The first kappa shape index (κ1) is 24.7. The Morgan fingerprint density at radius 2 is 1.16 bits per heavy atom. The smallest absolute Gasteiger partial charge is 1.00 e. The Bertz CT molecular complexity index is 234. The van der Waals surface area contributed by atoms with Gasteiger partial charge in [0.25, 0.3) is 0 Å². The first-order valence-corrected chi connectivity index (χ1v) is 5.69. The molecule has 108 valence electrons. The Labute approximate surface area is 154 Å². The largest absolute Gasteiger partial charge is 2.00 e. The van der Waals surface area contributed by atoms with Crippen molar-refractivity contribution in [3.8, 4) is 0 Å². The number of rotatable bonds is 2. The van der Waals surface area contributed by atoms with E-state index < -0.39 is 11.9 Å². The van der Waals surface area contributed by atoms with Crippen LogP contribution in [0.15, 0.2) is 0 Å². The maximum atomic E-state index is 10.1. The second kappa shape index (κ2) is 13.7. The van der Waals surface area contributed by atoms with Crippen LogP contribution in [0, 0.1) is 0 Å². The number of hydrogen-bond acceptors (Lipinski definition) is 4. The predicted octanol–water partition coefficient (Wildman–Crippen LogP) is -11.4. The van der Waals surface area contributed by atoms with Crippen LogP contribution in [0.25, 0.3) is 0 Å². The molecule has 0 aromatic carbocycles. The summed E-state index contributed by atoms with van der Waals surface area (Å²) in [6.07, 6.45) is 3.59. The average molecular weight is 341 g/mol. The topological polar surface area (TPSA) is 113 Å². The van der Waals surface area contributed by atoms with Gasteiger partial charge in [-0.25, -0.2) is 0 Å². The van der Waals surface area contributed by atoms with Crippen LogP contribution in [-0.2, 0) is 9.59 Å². The summed E-state index contributed by atoms with van der Waals surface area (Å²) in [5.74, 6) is -1.83. The third kappa shape index (κ3) is 10.1. The normalized spacial score (nSPS) is 23.8. The van der Waals surface area contributed by atoms with Gasteiger partial charge in [0.2, 0.25) is 0 Å². The van der Waals surface area contributed by atoms with E-state index in [4.69, 9.17) is 0 Å². The molecule has 2 aliphatic rings. The van der Waals surface area contributed by atoms with Gasteiger partial charge in [0.15, 0.2) is 0 Å². The Kier molecular flexibility index (Phi) is 17.8. The number of aliphatic carboxylic acids is 2. The number of carbonyl (C=O) groups excluding carboxylic acids is 2. The molecule has 2 aliphatic heterocycles. The summed E-state index contributed by atoms with van der Waals surface area (Å²) in [6.45, 7) is 1.89. The van der Waals surface area contributed by atoms with Crippen LogP contribution in [0.4, 0.5) is 0 Å². The Morgan fingerprint density at radius 3 is 1.26 bits per heavy atom. The minimum atomic E-state index is -0.914. The van der Waals surface area contributed by atoms with Gasteiger partial charge in [-0.1, -0.05) is 0 Å². The summed E-state index contributed by atoms with van der Waals surface area (Å²) in [5.41, 5.74) is 0. The molecule has 6 nitrogen and oxygen atoms in total. The zero-order chi connectivity index (χ0) is 12.0. The van der Waals surface area contributed by atoms with E-state index in [-0.39, 0.29) is 74.6 Å². The van der Waals surface area contributed by atoms with Crippen LogP contribution in [-0.4, -0.2) is 74.9 Å². The molecule has 0 unspecified atom stereocenters. The first-order chi connectivity index (χ1) is 7.61. The molecule has 0 saturated carbocycles. The van der Waals surface area contributed by atoms with Crippen LogP contribution in [0.3, 0.4) is 0 Å². The van der Waals surface area contributed by atoms with Crippen LogP contribution in [0.2, 0.25) is 0 Å². The zero-order valence-corrected chi connectivity index (χ0v) is 14.4. The molecule has 0 amide bonds. The quantitative estimate of drug-likeness (QED) is 0.486. The summed E-state index contributed by atoms with van der Waals surface area (Å²) < 4.78 is 0. The molecule has 0 radical (unpaired) electrons. The van der Waals surface area contributed by atoms with Gasteiger partial charge in [0.05, 0.1) is 25.0 Å². The van der Waals surface area contributed by atoms with Gasteiger partial charge in [0, 0.05) is 25.7 Å². The molecular weight excluding hydrogens is 323 g/mol. The number of carbonyl (C=O) groups is 2. The predicted molar refractivity (Wildman–Crippen MR) is 55.4 cm³/mol. The molecule has 2 fully saturated rings. The van der Waals surface area contributed by atoms with Crippen molar-refractivity contribution in [3.05, 3.63) is 0 Å². The van der Waals surface area contributed by atoms with E-state index in [0.29, 0.717) is 0 Å². The van der Waals surface area contributed by atoms with Crippen LogP contribution >= 0.6 is 0 Å². The molecule has 0 aromatic heterocycles. The number of carboxylic acid groups (broad SMARTS) is 2. The molecule has 0 aliphatic carbocycles. The molecule has 19 heavy (non-hydrogen) atoms. The third-order valence-electron chi connectivity index (χ3n) is 2.95. The zero-order valence-electron chi connectivity index (χ0n) is 10.6. The minimum Gasteiger partial charge on any atom is -1.00 e. The van der Waals surface area contributed by atoms with Gasteiger partial charge in [-0.15, -0.1) is 0 Å². The average Bonchev–Trinajstić information content (AvgIpc) is 2.93. The third-order valence-corrected chi connectivity index (χ3v) is 2.95. The molecular formula is C10H18CaCl2N2O4. The fraction of sp³-hybridized carbons (Fsp3) is 0.800. The van der Waals surface area contributed by atoms with Gasteiger partial charge in [-0.2, -0.15) is 0 Å². The van der Waals surface area contributed by atoms with Gasteiger partial charge in [-0.05, 0) is 0 Å². The van der Waals surface area contributed by atoms with E-state index in [2.05, 4.69) is 0 Å². The van der Waals surface area contributed by atoms with E-state index in [1.54, 1.807) is 0 Å². The second-order valence-electron chi connectivity index (χ2n) is 4.18. The van der Waals surface area contributed by atoms with E-state index in [0.717, 1.165) is 38.8 Å². The monoisotopic (exact) mass is 340 g/mol. The summed E-state index contributed by atoms with van der Waals surface area (Å²) >= 11 is 0. The molecule has 0 bridgehead atoms. The molecule has 4 N–H and O–H groups in total. The van der Waals surface area contributed by atoms with E-state index >= 15 is 0 Å². The van der Waals surface area contributed by atoms with Crippen molar-refractivity contribution >= 4 is 49.7 Å². The molecule has 9 heteroatoms. The van der Waals surface area contributed by atoms with Crippen molar-refractivity contribution in [2.45, 2.75) is 37.8 Å². The number of halogens is 2. The fourth-order valence-electron chi connectivity index (χ4n) is 1.98. The van der Waals surface area contributed by atoms with Gasteiger partial charge >= 0.3 is 37.7 Å². The van der Waals surface area contributed by atoms with Crippen molar-refractivity contribution in [2.75, 3.05) is 13.1 Å². The Balaban J connectivity index is -0.000000233. The molecule has 2 rings (SSSR count). The standard InChI is InChI=1S/2C5H9NO2.Ca.2ClH/c2*7-5(8)4-2-1-3-6-4;;;/h2*4,6H,1-3H2,(H,7,8);;2*1H/q;;+2;;/p-2/t2*4-;;;/m10.../s1. The maximum absolute atomic E-state index is 10.1. The summed E-state index contributed by atoms with van der Waals surface area (Å²) in [4.78, 5) is 20.1. The van der Waals surface area contributed by atoms with E-state index in [1.807, 2.05) is 10.6 Å². The van der Waals surface area contributed by atoms with Gasteiger partial charge in [-0.3, -0.25) is 0 Å². The van der Waals surface area contributed by atoms with Gasteiger partial charge < -0.3 is 55.2 Å². The second-order valence-corrected chi connectivity index (χ2v) is 4.18. The Morgan fingerprint density at radius 1 is 0.842 bits per heavy atom. The van der Waals surface area contributed by atoms with Crippen molar-refractivity contribution in [1.82, 2.24) is 0 Å². The SMILES string of the molecule is O=C([O-])[C@@H]1CCC[NH2+]1.O=C([O-])[C@H]1CCC[NH2+]1.[Ca+2].[Cl-].[Cl-]. The molecule has 2 atom stereocenters. The molecule has 2 heterocycles. The van der Waals surface area contributed by atoms with Crippen LogP contribution in [0.1, 0.15) is 25.7 Å². The van der Waals surface area contributed by atoms with E-state index in [9.17, 15) is 19.8 Å². The summed E-state index contributed by atoms with van der Waals surface area (Å²) in [5, 5.41) is 23.7. The number of carboxylic acids is 2. The van der Waals surface area contributed by atoms with E-state index in [1.165, 1.54) is 0 Å². The van der Waals surface area contributed by atoms with Crippen molar-refractivity contribution in [2.24, 2.45) is 0 Å². The van der Waals surface area contributed by atoms with Crippen molar-refractivity contribution in [3.63, 3.8) is 0 Å². The maximum Gasteiger partial charge on any atom is 2.00 e. The fourth-order valence-corrected chi connectivity index (χ4v) is 1.98.